The number of phenolic OH excluding ortho intramolecular Hbond substituents is 1. The zero-order chi connectivity index (χ0) is 18.8. The number of nitrogens with zero attached hydrogens (tertiary/aromatic N) is 4. The third-order valence-electron chi connectivity index (χ3n) is 4.43. The molecule has 0 radical (unpaired) electrons. The Balaban J connectivity index is 1.50. The maximum atomic E-state index is 12.8. The number of hydrogen-bond acceptors (Lipinski definition) is 6. The first-order valence-corrected chi connectivity index (χ1v) is 9.33. The fourth-order valence-electron chi connectivity index (χ4n) is 3.14. The molecule has 2 aromatic heterocycles. The highest BCUT2D eigenvalue weighted by atomic mass is 32.1. The second-order valence-corrected chi connectivity index (χ2v) is 6.96. The van der Waals surface area contributed by atoms with Crippen molar-refractivity contribution in [3.05, 3.63) is 64.4 Å². The molecule has 2 N–H and O–H groups in total. The molecule has 27 heavy (non-hydrogen) atoms. The molecule has 2 amide bonds. The molecule has 0 unspecified atom stereocenters. The Kier molecular flexibility index (Phi) is 4.59. The van der Waals surface area contributed by atoms with Crippen LogP contribution in [0.1, 0.15) is 32.6 Å². The number of rotatable bonds is 4. The smallest absolute Gasteiger partial charge is 0.270 e. The van der Waals surface area contributed by atoms with Crippen molar-refractivity contribution in [3.8, 4) is 5.75 Å². The van der Waals surface area contributed by atoms with Gasteiger partial charge in [0.1, 0.15) is 11.4 Å². The molecular formula is C18H17N5O3S. The molecule has 4 rings (SSSR count). The quantitative estimate of drug-likeness (QED) is 0.714. The van der Waals surface area contributed by atoms with E-state index in [0.29, 0.717) is 30.9 Å². The molecule has 9 heteroatoms. The monoisotopic (exact) mass is 383 g/mol. The van der Waals surface area contributed by atoms with E-state index in [1.165, 1.54) is 23.5 Å². The van der Waals surface area contributed by atoms with Gasteiger partial charge in [-0.05, 0) is 24.3 Å². The molecule has 8 nitrogen and oxygen atoms in total. The molecule has 0 spiro atoms. The second kappa shape index (κ2) is 7.20. The number of thiazole rings is 1. The molecule has 3 heterocycles. The molecule has 1 atom stereocenters. The summed E-state index contributed by atoms with van der Waals surface area (Å²) < 4.78 is 1.84. The number of amides is 2. The fourth-order valence-corrected chi connectivity index (χ4v) is 3.67. The molecule has 1 aromatic carbocycles. The second-order valence-electron chi connectivity index (χ2n) is 6.24. The van der Waals surface area contributed by atoms with Crippen LogP contribution >= 0.6 is 11.3 Å². The van der Waals surface area contributed by atoms with E-state index in [1.54, 1.807) is 34.1 Å². The summed E-state index contributed by atoms with van der Waals surface area (Å²) in [7, 11) is 0. The maximum Gasteiger partial charge on any atom is 0.270 e. The minimum atomic E-state index is -0.249. The molecule has 0 saturated heterocycles. The van der Waals surface area contributed by atoms with Gasteiger partial charge in [0.15, 0.2) is 0 Å². The lowest BCUT2D eigenvalue weighted by molar-refractivity contribution is 0.0666. The lowest BCUT2D eigenvalue weighted by Gasteiger charge is -2.34. The molecular weight excluding hydrogens is 366 g/mol. The molecule has 1 aliphatic heterocycles. The summed E-state index contributed by atoms with van der Waals surface area (Å²) in [4.78, 5) is 30.7. The molecule has 0 fully saturated rings. The molecule has 3 aromatic rings. The van der Waals surface area contributed by atoms with Crippen molar-refractivity contribution >= 4 is 23.2 Å². The van der Waals surface area contributed by atoms with Gasteiger partial charge in [0.05, 0.1) is 23.8 Å². The number of hydrogen-bond donors (Lipinski definition) is 2. The Labute approximate surface area is 159 Å². The van der Waals surface area contributed by atoms with Gasteiger partial charge in [-0.1, -0.05) is 6.07 Å². The third kappa shape index (κ3) is 3.54. The van der Waals surface area contributed by atoms with Crippen LogP contribution in [-0.4, -0.2) is 49.7 Å². The first-order valence-electron chi connectivity index (χ1n) is 8.39. The first-order chi connectivity index (χ1) is 13.1. The number of carbonyl (C=O) groups excluding carboxylic acids is 2. The number of aromatic nitrogens is 3. The van der Waals surface area contributed by atoms with Gasteiger partial charge in [0.25, 0.3) is 11.8 Å². The normalized spacial score (nSPS) is 16.0. The predicted octanol–water partition coefficient (Wildman–Crippen LogP) is 1.67. The van der Waals surface area contributed by atoms with Gasteiger partial charge in [-0.25, -0.2) is 4.98 Å². The minimum Gasteiger partial charge on any atom is -0.508 e. The van der Waals surface area contributed by atoms with Crippen molar-refractivity contribution in [1.29, 1.82) is 0 Å². The van der Waals surface area contributed by atoms with E-state index in [2.05, 4.69) is 15.4 Å². The van der Waals surface area contributed by atoms with Crippen LogP contribution in [0.3, 0.4) is 0 Å². The SMILES string of the molecule is O=C(NC[C@H]1CN(C(=O)c2cccc(O)c2)Cc2ccnn21)c1cscn1. The van der Waals surface area contributed by atoms with Gasteiger partial charge in [-0.3, -0.25) is 14.3 Å². The first kappa shape index (κ1) is 17.2. The summed E-state index contributed by atoms with van der Waals surface area (Å²) in [5.74, 6) is -0.370. The number of benzene rings is 1. The van der Waals surface area contributed by atoms with Crippen LogP contribution in [0.25, 0.3) is 0 Å². The number of aromatic hydroxyl groups is 1. The van der Waals surface area contributed by atoms with E-state index < -0.39 is 0 Å². The van der Waals surface area contributed by atoms with Crippen molar-refractivity contribution < 1.29 is 14.7 Å². The molecule has 1 aliphatic rings. The number of fused-ring (bicyclic) bond motifs is 1. The van der Waals surface area contributed by atoms with Crippen LogP contribution in [-0.2, 0) is 6.54 Å². The van der Waals surface area contributed by atoms with Gasteiger partial charge in [-0.15, -0.1) is 11.3 Å². The summed E-state index contributed by atoms with van der Waals surface area (Å²) in [5.41, 5.74) is 3.30. The Morgan fingerprint density at radius 2 is 2.22 bits per heavy atom. The third-order valence-corrected chi connectivity index (χ3v) is 5.01. The molecule has 0 aliphatic carbocycles. The van der Waals surface area contributed by atoms with Crippen LogP contribution < -0.4 is 5.32 Å². The Hall–Kier alpha value is -3.20. The Morgan fingerprint density at radius 3 is 3.00 bits per heavy atom. The van der Waals surface area contributed by atoms with E-state index in [1.807, 2.05) is 10.7 Å². The van der Waals surface area contributed by atoms with Crippen LogP contribution in [0.4, 0.5) is 0 Å². The molecule has 0 saturated carbocycles. The Morgan fingerprint density at radius 1 is 1.33 bits per heavy atom. The lowest BCUT2D eigenvalue weighted by Crippen LogP contribution is -2.45. The number of nitrogens with one attached hydrogen (secondary N) is 1. The standard InChI is InChI=1S/C18H17N5O3S/c24-15-3-1-2-12(6-15)18(26)22-8-13-4-5-21-23(13)14(9-22)7-19-17(25)16-10-27-11-20-16/h1-6,10-11,14,24H,7-9H2,(H,19,25)/t14-/m0/s1. The summed E-state index contributed by atoms with van der Waals surface area (Å²) >= 11 is 1.36. The Bertz CT molecular complexity index is 969. The largest absolute Gasteiger partial charge is 0.508 e. The van der Waals surface area contributed by atoms with Crippen LogP contribution in [0.15, 0.2) is 47.4 Å². The molecule has 0 bridgehead atoms. The van der Waals surface area contributed by atoms with Crippen LogP contribution in [0, 0.1) is 0 Å². The number of carbonyl (C=O) groups is 2. The highest BCUT2D eigenvalue weighted by Crippen LogP contribution is 2.23. The van der Waals surface area contributed by atoms with Crippen molar-refractivity contribution in [2.75, 3.05) is 13.1 Å². The topological polar surface area (TPSA) is 100 Å². The highest BCUT2D eigenvalue weighted by molar-refractivity contribution is 7.07. The minimum absolute atomic E-state index is 0.0509. The molecule has 138 valence electrons. The van der Waals surface area contributed by atoms with Crippen molar-refractivity contribution in [2.45, 2.75) is 12.6 Å². The summed E-state index contributed by atoms with van der Waals surface area (Å²) in [6, 6.07) is 7.96. The average molecular weight is 383 g/mol. The zero-order valence-electron chi connectivity index (χ0n) is 14.3. The highest BCUT2D eigenvalue weighted by Gasteiger charge is 2.29. The van der Waals surface area contributed by atoms with Gasteiger partial charge in [-0.2, -0.15) is 5.10 Å². The van der Waals surface area contributed by atoms with E-state index in [9.17, 15) is 14.7 Å². The predicted molar refractivity (Wildman–Crippen MR) is 98.6 cm³/mol. The maximum absolute atomic E-state index is 12.8. The van der Waals surface area contributed by atoms with Crippen molar-refractivity contribution in [3.63, 3.8) is 0 Å². The van der Waals surface area contributed by atoms with E-state index >= 15 is 0 Å². The average Bonchev–Trinajstić information content (AvgIpc) is 3.36. The van der Waals surface area contributed by atoms with E-state index in [4.69, 9.17) is 0 Å². The van der Waals surface area contributed by atoms with Crippen LogP contribution in [0.5, 0.6) is 5.75 Å². The van der Waals surface area contributed by atoms with Gasteiger partial charge >= 0.3 is 0 Å². The summed E-state index contributed by atoms with van der Waals surface area (Å²) in [5, 5.41) is 18.5. The lowest BCUT2D eigenvalue weighted by atomic mass is 10.1. The summed E-state index contributed by atoms with van der Waals surface area (Å²) in [6.07, 6.45) is 1.69. The van der Waals surface area contributed by atoms with Gasteiger partial charge in [0, 0.05) is 30.2 Å². The van der Waals surface area contributed by atoms with Crippen molar-refractivity contribution in [1.82, 2.24) is 25.0 Å². The fraction of sp³-hybridized carbons (Fsp3) is 0.222. The van der Waals surface area contributed by atoms with E-state index in [0.717, 1.165) is 5.69 Å². The van der Waals surface area contributed by atoms with Gasteiger partial charge in [0.2, 0.25) is 0 Å². The van der Waals surface area contributed by atoms with E-state index in [-0.39, 0.29) is 23.6 Å². The summed E-state index contributed by atoms with van der Waals surface area (Å²) in [6.45, 7) is 1.15. The number of phenols is 1. The van der Waals surface area contributed by atoms with Crippen LogP contribution in [0.2, 0.25) is 0 Å². The van der Waals surface area contributed by atoms with Gasteiger partial charge < -0.3 is 15.3 Å². The van der Waals surface area contributed by atoms with Crippen molar-refractivity contribution in [2.24, 2.45) is 0 Å². The zero-order valence-corrected chi connectivity index (χ0v) is 15.1.